The van der Waals surface area contributed by atoms with Crippen molar-refractivity contribution in [2.24, 2.45) is 0 Å². The number of benzene rings is 1. The average Bonchev–Trinajstić information content (AvgIpc) is 2.40. The molecule has 1 amide bonds. The quantitative estimate of drug-likeness (QED) is 0.859. The highest BCUT2D eigenvalue weighted by Gasteiger charge is 2.19. The molecule has 0 aromatic heterocycles. The van der Waals surface area contributed by atoms with Gasteiger partial charge in [-0.15, -0.1) is 0 Å². The van der Waals surface area contributed by atoms with Crippen LogP contribution in [-0.2, 0) is 4.79 Å². The molecule has 0 radical (unpaired) electrons. The first-order valence-corrected chi connectivity index (χ1v) is 6.73. The summed E-state index contributed by atoms with van der Waals surface area (Å²) < 4.78 is 5.65. The molecule has 0 bridgehead atoms. The van der Waals surface area contributed by atoms with E-state index in [4.69, 9.17) is 4.74 Å². The van der Waals surface area contributed by atoms with Crippen LogP contribution < -0.4 is 4.74 Å². The summed E-state index contributed by atoms with van der Waals surface area (Å²) in [6.45, 7) is 8.69. The Morgan fingerprint density at radius 2 is 1.95 bits per heavy atom. The summed E-state index contributed by atoms with van der Waals surface area (Å²) in [6.07, 6.45) is -1.07. The van der Waals surface area contributed by atoms with Gasteiger partial charge in [-0.1, -0.05) is 12.1 Å². The first-order valence-electron chi connectivity index (χ1n) is 6.73. The van der Waals surface area contributed by atoms with E-state index in [0.717, 1.165) is 5.56 Å². The molecule has 1 rings (SSSR count). The molecule has 0 saturated carbocycles. The van der Waals surface area contributed by atoms with Crippen LogP contribution in [0.2, 0.25) is 0 Å². The second-order valence-electron chi connectivity index (χ2n) is 4.52. The van der Waals surface area contributed by atoms with Crippen molar-refractivity contribution in [1.82, 2.24) is 4.90 Å². The van der Waals surface area contributed by atoms with Gasteiger partial charge in [0.2, 0.25) is 0 Å². The fraction of sp³-hybridized carbons (Fsp3) is 0.533. The Bertz CT molecular complexity index is 414. The van der Waals surface area contributed by atoms with Crippen LogP contribution in [0.3, 0.4) is 0 Å². The van der Waals surface area contributed by atoms with Crippen LogP contribution in [0.5, 0.6) is 5.75 Å². The van der Waals surface area contributed by atoms with E-state index in [1.165, 1.54) is 0 Å². The molecule has 1 N–H and O–H groups in total. The zero-order valence-electron chi connectivity index (χ0n) is 12.1. The maximum Gasteiger partial charge on any atom is 0.263 e. The number of likely N-dealkylation sites (N-methyl/N-ethyl adjacent to an activating group) is 1. The molecular formula is C15H23NO3. The standard InChI is InChI=1S/C15H23NO3/c1-5-16(6-2)15(18)12(4)19-14-9-7-8-13(10-14)11(3)17/h7-12,17H,5-6H2,1-4H3/t11-,12?/m1/s1. The number of nitrogens with zero attached hydrogens (tertiary/aromatic N) is 1. The second-order valence-corrected chi connectivity index (χ2v) is 4.52. The van der Waals surface area contributed by atoms with Crippen molar-refractivity contribution in [2.45, 2.75) is 39.9 Å². The van der Waals surface area contributed by atoms with Gasteiger partial charge >= 0.3 is 0 Å². The first kappa shape index (κ1) is 15.5. The van der Waals surface area contributed by atoms with E-state index in [9.17, 15) is 9.90 Å². The lowest BCUT2D eigenvalue weighted by Crippen LogP contribution is -2.40. The smallest absolute Gasteiger partial charge is 0.263 e. The Morgan fingerprint density at radius 3 is 2.47 bits per heavy atom. The van der Waals surface area contributed by atoms with Crippen molar-refractivity contribution < 1.29 is 14.6 Å². The van der Waals surface area contributed by atoms with Crippen LogP contribution >= 0.6 is 0 Å². The number of hydrogen-bond donors (Lipinski definition) is 1. The number of ether oxygens (including phenoxy) is 1. The molecule has 0 spiro atoms. The molecule has 0 aliphatic heterocycles. The topological polar surface area (TPSA) is 49.8 Å². The maximum atomic E-state index is 12.1. The summed E-state index contributed by atoms with van der Waals surface area (Å²) in [7, 11) is 0. The van der Waals surface area contributed by atoms with Crippen LogP contribution in [-0.4, -0.2) is 35.1 Å². The van der Waals surface area contributed by atoms with Crippen molar-refractivity contribution in [3.05, 3.63) is 29.8 Å². The minimum atomic E-state index is -0.544. The molecular weight excluding hydrogens is 242 g/mol. The van der Waals surface area contributed by atoms with Crippen molar-refractivity contribution in [3.8, 4) is 5.75 Å². The number of amides is 1. The van der Waals surface area contributed by atoms with Gasteiger partial charge in [-0.05, 0) is 45.4 Å². The lowest BCUT2D eigenvalue weighted by molar-refractivity contribution is -0.137. The summed E-state index contributed by atoms with van der Waals surface area (Å²) in [5, 5.41) is 9.53. The highest BCUT2D eigenvalue weighted by Crippen LogP contribution is 2.20. The molecule has 2 atom stereocenters. The number of carbonyl (C=O) groups is 1. The molecule has 1 aromatic carbocycles. The third kappa shape index (κ3) is 4.24. The fourth-order valence-corrected chi connectivity index (χ4v) is 1.89. The van der Waals surface area contributed by atoms with Crippen molar-refractivity contribution in [2.75, 3.05) is 13.1 Å². The van der Waals surface area contributed by atoms with Crippen molar-refractivity contribution in [3.63, 3.8) is 0 Å². The summed E-state index contributed by atoms with van der Waals surface area (Å²) in [4.78, 5) is 13.8. The minimum Gasteiger partial charge on any atom is -0.481 e. The van der Waals surface area contributed by atoms with E-state index in [0.29, 0.717) is 18.8 Å². The SMILES string of the molecule is CCN(CC)C(=O)C(C)Oc1cccc([C@@H](C)O)c1. The third-order valence-electron chi connectivity index (χ3n) is 3.08. The van der Waals surface area contributed by atoms with Crippen LogP contribution in [0.25, 0.3) is 0 Å². The van der Waals surface area contributed by atoms with E-state index in [2.05, 4.69) is 0 Å². The number of hydrogen-bond acceptors (Lipinski definition) is 3. The van der Waals surface area contributed by atoms with Gasteiger partial charge < -0.3 is 14.7 Å². The van der Waals surface area contributed by atoms with E-state index in [-0.39, 0.29) is 5.91 Å². The number of carbonyl (C=O) groups excluding carboxylic acids is 1. The average molecular weight is 265 g/mol. The summed E-state index contributed by atoms with van der Waals surface area (Å²) in [5.41, 5.74) is 0.778. The van der Waals surface area contributed by atoms with E-state index >= 15 is 0 Å². The van der Waals surface area contributed by atoms with Gasteiger partial charge in [-0.2, -0.15) is 0 Å². The largest absolute Gasteiger partial charge is 0.481 e. The minimum absolute atomic E-state index is 0.0209. The molecule has 0 saturated heterocycles. The lowest BCUT2D eigenvalue weighted by Gasteiger charge is -2.23. The van der Waals surface area contributed by atoms with Gasteiger partial charge in [0.15, 0.2) is 6.10 Å². The molecule has 19 heavy (non-hydrogen) atoms. The maximum absolute atomic E-state index is 12.1. The molecule has 4 nitrogen and oxygen atoms in total. The third-order valence-corrected chi connectivity index (χ3v) is 3.08. The normalized spacial score (nSPS) is 13.7. The van der Waals surface area contributed by atoms with Gasteiger partial charge in [0, 0.05) is 13.1 Å². The van der Waals surface area contributed by atoms with Gasteiger partial charge in [-0.25, -0.2) is 0 Å². The highest BCUT2D eigenvalue weighted by atomic mass is 16.5. The van der Waals surface area contributed by atoms with Gasteiger partial charge in [-0.3, -0.25) is 4.79 Å². The van der Waals surface area contributed by atoms with Gasteiger partial charge in [0.1, 0.15) is 5.75 Å². The zero-order chi connectivity index (χ0) is 14.4. The predicted octanol–water partition coefficient (Wildman–Crippen LogP) is 2.38. The van der Waals surface area contributed by atoms with E-state index in [1.807, 2.05) is 26.0 Å². The van der Waals surface area contributed by atoms with Gasteiger partial charge in [0.25, 0.3) is 5.91 Å². The summed E-state index contributed by atoms with van der Waals surface area (Å²) >= 11 is 0. The van der Waals surface area contributed by atoms with Gasteiger partial charge in [0.05, 0.1) is 6.10 Å². The summed E-state index contributed by atoms with van der Waals surface area (Å²) in [5.74, 6) is 0.582. The molecule has 106 valence electrons. The Labute approximate surface area is 115 Å². The second kappa shape index (κ2) is 7.14. The van der Waals surface area contributed by atoms with Crippen LogP contribution in [0.4, 0.5) is 0 Å². The monoisotopic (exact) mass is 265 g/mol. The molecule has 0 aliphatic rings. The molecule has 0 heterocycles. The number of rotatable bonds is 6. The van der Waals surface area contributed by atoms with Crippen LogP contribution in [0, 0.1) is 0 Å². The Kier molecular flexibility index (Phi) is 5.83. The van der Waals surface area contributed by atoms with E-state index in [1.54, 1.807) is 30.9 Å². The van der Waals surface area contributed by atoms with Crippen molar-refractivity contribution >= 4 is 5.91 Å². The first-order chi connectivity index (χ1) is 8.99. The number of aliphatic hydroxyl groups is 1. The summed E-state index contributed by atoms with van der Waals surface area (Å²) in [6, 6.07) is 7.19. The van der Waals surface area contributed by atoms with Crippen LogP contribution in [0.1, 0.15) is 39.4 Å². The number of aliphatic hydroxyl groups excluding tert-OH is 1. The highest BCUT2D eigenvalue weighted by molar-refractivity contribution is 5.80. The molecule has 4 heteroatoms. The lowest BCUT2D eigenvalue weighted by atomic mass is 10.1. The Morgan fingerprint density at radius 1 is 1.32 bits per heavy atom. The predicted molar refractivity (Wildman–Crippen MR) is 75.1 cm³/mol. The Balaban J connectivity index is 2.73. The van der Waals surface area contributed by atoms with Crippen LogP contribution in [0.15, 0.2) is 24.3 Å². The zero-order valence-corrected chi connectivity index (χ0v) is 12.1. The van der Waals surface area contributed by atoms with E-state index < -0.39 is 12.2 Å². The molecule has 0 fully saturated rings. The molecule has 1 aromatic rings. The molecule has 1 unspecified atom stereocenters. The fourth-order valence-electron chi connectivity index (χ4n) is 1.89. The Hall–Kier alpha value is -1.55. The van der Waals surface area contributed by atoms with Crippen molar-refractivity contribution in [1.29, 1.82) is 0 Å². The molecule has 0 aliphatic carbocycles.